The van der Waals surface area contributed by atoms with Crippen LogP contribution in [0.15, 0.2) is 47.4 Å². The van der Waals surface area contributed by atoms with E-state index in [2.05, 4.69) is 10.3 Å². The SMILES string of the molecule is Nc1ccccc1C(=O)Nc1ccc[nH]c1=O. The Balaban J connectivity index is 2.27. The Morgan fingerprint density at radius 2 is 1.94 bits per heavy atom. The molecule has 0 radical (unpaired) electrons. The Kier molecular flexibility index (Phi) is 2.91. The fraction of sp³-hybridized carbons (Fsp3) is 0. The molecule has 17 heavy (non-hydrogen) atoms. The van der Waals surface area contributed by atoms with Crippen molar-refractivity contribution in [2.75, 3.05) is 11.1 Å². The molecule has 0 unspecified atom stereocenters. The van der Waals surface area contributed by atoms with Gasteiger partial charge < -0.3 is 16.0 Å². The maximum absolute atomic E-state index is 11.8. The first-order valence-corrected chi connectivity index (χ1v) is 5.02. The Labute approximate surface area is 97.3 Å². The molecule has 1 heterocycles. The molecule has 0 saturated heterocycles. The summed E-state index contributed by atoms with van der Waals surface area (Å²) >= 11 is 0. The first-order valence-electron chi connectivity index (χ1n) is 5.02. The zero-order chi connectivity index (χ0) is 12.3. The second-order valence-electron chi connectivity index (χ2n) is 3.45. The molecule has 4 N–H and O–H groups in total. The summed E-state index contributed by atoms with van der Waals surface area (Å²) in [5, 5.41) is 2.50. The zero-order valence-electron chi connectivity index (χ0n) is 8.94. The van der Waals surface area contributed by atoms with Crippen molar-refractivity contribution >= 4 is 17.3 Å². The molecule has 1 aromatic carbocycles. The third-order valence-corrected chi connectivity index (χ3v) is 2.27. The van der Waals surface area contributed by atoms with Crippen LogP contribution in [0.5, 0.6) is 0 Å². The number of carbonyl (C=O) groups excluding carboxylic acids is 1. The number of anilines is 2. The van der Waals surface area contributed by atoms with Crippen LogP contribution in [0.3, 0.4) is 0 Å². The molecule has 1 amide bonds. The van der Waals surface area contributed by atoms with Gasteiger partial charge in [0.25, 0.3) is 11.5 Å². The molecule has 1 aromatic heterocycles. The van der Waals surface area contributed by atoms with Gasteiger partial charge in [0.05, 0.1) is 5.56 Å². The number of carbonyl (C=O) groups is 1. The number of nitrogen functional groups attached to an aromatic ring is 1. The summed E-state index contributed by atoms with van der Waals surface area (Å²) in [6.45, 7) is 0. The molecule has 2 aromatic rings. The van der Waals surface area contributed by atoms with Crippen LogP contribution < -0.4 is 16.6 Å². The van der Waals surface area contributed by atoms with Crippen LogP contribution in [0.2, 0.25) is 0 Å². The second-order valence-corrected chi connectivity index (χ2v) is 3.45. The van der Waals surface area contributed by atoms with Crippen molar-refractivity contribution < 1.29 is 4.79 Å². The van der Waals surface area contributed by atoms with Crippen molar-refractivity contribution in [3.8, 4) is 0 Å². The number of para-hydroxylation sites is 1. The number of H-pyrrole nitrogens is 1. The number of amides is 1. The highest BCUT2D eigenvalue weighted by Gasteiger charge is 2.10. The average Bonchev–Trinajstić information content (AvgIpc) is 2.32. The lowest BCUT2D eigenvalue weighted by atomic mass is 10.1. The maximum Gasteiger partial charge on any atom is 0.271 e. The predicted octanol–water partition coefficient (Wildman–Crippen LogP) is 1.21. The molecular formula is C12H11N3O2. The highest BCUT2D eigenvalue weighted by Crippen LogP contribution is 2.11. The highest BCUT2D eigenvalue weighted by atomic mass is 16.2. The van der Waals surface area contributed by atoms with E-state index in [1.54, 1.807) is 30.3 Å². The first kappa shape index (κ1) is 10.9. The molecule has 5 heteroatoms. The van der Waals surface area contributed by atoms with Gasteiger partial charge in [-0.25, -0.2) is 0 Å². The largest absolute Gasteiger partial charge is 0.398 e. The van der Waals surface area contributed by atoms with Gasteiger partial charge in [0.2, 0.25) is 0 Å². The van der Waals surface area contributed by atoms with Crippen LogP contribution in [0.1, 0.15) is 10.4 Å². The molecule has 0 atom stereocenters. The van der Waals surface area contributed by atoms with Crippen molar-refractivity contribution in [3.05, 3.63) is 58.5 Å². The summed E-state index contributed by atoms with van der Waals surface area (Å²) in [4.78, 5) is 25.7. The summed E-state index contributed by atoms with van der Waals surface area (Å²) < 4.78 is 0. The number of nitrogens with one attached hydrogen (secondary N) is 2. The molecule has 0 aliphatic rings. The van der Waals surface area contributed by atoms with Crippen molar-refractivity contribution in [1.82, 2.24) is 4.98 Å². The monoisotopic (exact) mass is 229 g/mol. The maximum atomic E-state index is 11.8. The standard InChI is InChI=1S/C12H11N3O2/c13-9-5-2-1-4-8(9)11(16)15-10-6-3-7-14-12(10)17/h1-7H,13H2,(H,14,17)(H,15,16). The van der Waals surface area contributed by atoms with Crippen molar-refractivity contribution in [2.24, 2.45) is 0 Å². The first-order chi connectivity index (χ1) is 8.18. The quantitative estimate of drug-likeness (QED) is 0.676. The van der Waals surface area contributed by atoms with E-state index < -0.39 is 5.91 Å². The molecule has 86 valence electrons. The van der Waals surface area contributed by atoms with Gasteiger partial charge in [-0.3, -0.25) is 9.59 Å². The molecule has 0 bridgehead atoms. The van der Waals surface area contributed by atoms with Gasteiger partial charge in [-0.05, 0) is 24.3 Å². The van der Waals surface area contributed by atoms with Gasteiger partial charge in [0, 0.05) is 11.9 Å². The summed E-state index contributed by atoms with van der Waals surface area (Å²) in [6, 6.07) is 9.83. The molecule has 5 nitrogen and oxygen atoms in total. The fourth-order valence-electron chi connectivity index (χ4n) is 1.41. The van der Waals surface area contributed by atoms with E-state index in [-0.39, 0.29) is 11.2 Å². The van der Waals surface area contributed by atoms with E-state index in [4.69, 9.17) is 5.73 Å². The van der Waals surface area contributed by atoms with Gasteiger partial charge in [-0.1, -0.05) is 12.1 Å². The van der Waals surface area contributed by atoms with Gasteiger partial charge in [0.1, 0.15) is 5.69 Å². The van der Waals surface area contributed by atoms with Crippen LogP contribution in [0.25, 0.3) is 0 Å². The van der Waals surface area contributed by atoms with E-state index in [9.17, 15) is 9.59 Å². The molecule has 0 saturated carbocycles. The van der Waals surface area contributed by atoms with Gasteiger partial charge in [-0.2, -0.15) is 0 Å². The summed E-state index contributed by atoms with van der Waals surface area (Å²) in [5.74, 6) is -0.403. The minimum absolute atomic E-state index is 0.195. The lowest BCUT2D eigenvalue weighted by Crippen LogP contribution is -2.20. The Hall–Kier alpha value is -2.56. The van der Waals surface area contributed by atoms with Crippen LogP contribution in [-0.2, 0) is 0 Å². The topological polar surface area (TPSA) is 88.0 Å². The van der Waals surface area contributed by atoms with E-state index >= 15 is 0 Å². The second kappa shape index (κ2) is 4.52. The smallest absolute Gasteiger partial charge is 0.271 e. The number of hydrogen-bond acceptors (Lipinski definition) is 3. The normalized spacial score (nSPS) is 9.88. The number of pyridine rings is 1. The summed E-state index contributed by atoms with van der Waals surface area (Å²) in [5.41, 5.74) is 6.23. The Bertz CT molecular complexity index is 604. The van der Waals surface area contributed by atoms with Crippen molar-refractivity contribution in [2.45, 2.75) is 0 Å². The van der Waals surface area contributed by atoms with E-state index in [1.165, 1.54) is 12.3 Å². The Morgan fingerprint density at radius 3 is 2.65 bits per heavy atom. The third-order valence-electron chi connectivity index (χ3n) is 2.27. The van der Waals surface area contributed by atoms with Crippen LogP contribution >= 0.6 is 0 Å². The highest BCUT2D eigenvalue weighted by molar-refractivity contribution is 6.07. The molecular weight excluding hydrogens is 218 g/mol. The summed E-state index contributed by atoms with van der Waals surface area (Å²) in [7, 11) is 0. The number of aromatic nitrogens is 1. The number of benzene rings is 1. The fourth-order valence-corrected chi connectivity index (χ4v) is 1.41. The Morgan fingerprint density at radius 1 is 1.18 bits per heavy atom. The van der Waals surface area contributed by atoms with E-state index in [0.29, 0.717) is 11.3 Å². The average molecular weight is 229 g/mol. The number of nitrogens with two attached hydrogens (primary N) is 1. The summed E-state index contributed by atoms with van der Waals surface area (Å²) in [6.07, 6.45) is 1.49. The number of hydrogen-bond donors (Lipinski definition) is 3. The van der Waals surface area contributed by atoms with Gasteiger partial charge in [-0.15, -0.1) is 0 Å². The molecule has 0 fully saturated rings. The number of aromatic amines is 1. The molecule has 0 aliphatic heterocycles. The van der Waals surface area contributed by atoms with E-state index in [1.807, 2.05) is 0 Å². The van der Waals surface area contributed by atoms with Gasteiger partial charge >= 0.3 is 0 Å². The predicted molar refractivity (Wildman–Crippen MR) is 65.9 cm³/mol. The molecule has 2 rings (SSSR count). The van der Waals surface area contributed by atoms with Crippen molar-refractivity contribution in [1.29, 1.82) is 0 Å². The number of rotatable bonds is 2. The van der Waals surface area contributed by atoms with Crippen molar-refractivity contribution in [3.63, 3.8) is 0 Å². The van der Waals surface area contributed by atoms with Crippen LogP contribution in [0, 0.1) is 0 Å². The van der Waals surface area contributed by atoms with Gasteiger partial charge in [0.15, 0.2) is 0 Å². The lowest BCUT2D eigenvalue weighted by Gasteiger charge is -2.06. The molecule has 0 spiro atoms. The third kappa shape index (κ3) is 2.34. The lowest BCUT2D eigenvalue weighted by molar-refractivity contribution is 0.102. The zero-order valence-corrected chi connectivity index (χ0v) is 8.94. The van der Waals surface area contributed by atoms with Crippen LogP contribution in [-0.4, -0.2) is 10.9 Å². The minimum Gasteiger partial charge on any atom is -0.398 e. The minimum atomic E-state index is -0.403. The molecule has 0 aliphatic carbocycles. The van der Waals surface area contributed by atoms with Crippen LogP contribution in [0.4, 0.5) is 11.4 Å². The van der Waals surface area contributed by atoms with E-state index in [0.717, 1.165) is 0 Å².